The molecule has 0 unspecified atom stereocenters. The molecule has 3 rings (SSSR count). The predicted octanol–water partition coefficient (Wildman–Crippen LogP) is 2.51. The van der Waals surface area contributed by atoms with E-state index in [1.54, 1.807) is 6.92 Å². The fourth-order valence-electron chi connectivity index (χ4n) is 1.85. The highest BCUT2D eigenvalue weighted by Gasteiger charge is 2.19. The molecule has 0 aliphatic carbocycles. The molecule has 114 valence electrons. The van der Waals surface area contributed by atoms with Crippen LogP contribution < -0.4 is 5.84 Å². The van der Waals surface area contributed by atoms with Crippen LogP contribution in [-0.4, -0.2) is 25.1 Å². The van der Waals surface area contributed by atoms with Gasteiger partial charge in [-0.2, -0.15) is 0 Å². The molecule has 2 N–H and O–H groups in total. The van der Waals surface area contributed by atoms with Gasteiger partial charge in [-0.15, -0.1) is 20.4 Å². The zero-order valence-corrected chi connectivity index (χ0v) is 13.3. The summed E-state index contributed by atoms with van der Waals surface area (Å²) in [5.41, 5.74) is 2.09. The molecule has 2 aromatic heterocycles. The molecule has 3 aromatic rings. The lowest BCUT2D eigenvalue weighted by Gasteiger charge is -2.05. The monoisotopic (exact) mass is 316 g/mol. The number of hydrogen-bond acceptors (Lipinski definition) is 7. The maximum Gasteiger partial charge on any atom is 0.247 e. The highest BCUT2D eigenvalue weighted by molar-refractivity contribution is 7.99. The summed E-state index contributed by atoms with van der Waals surface area (Å²) < 4.78 is 7.19. The summed E-state index contributed by atoms with van der Waals surface area (Å²) in [5, 5.41) is 16.7. The Balaban J connectivity index is 1.78. The van der Waals surface area contributed by atoms with Crippen molar-refractivity contribution in [3.8, 4) is 11.5 Å². The van der Waals surface area contributed by atoms with Gasteiger partial charge in [-0.05, 0) is 32.9 Å². The van der Waals surface area contributed by atoms with Crippen molar-refractivity contribution in [2.75, 3.05) is 5.84 Å². The molecule has 2 heterocycles. The van der Waals surface area contributed by atoms with E-state index >= 15 is 0 Å². The van der Waals surface area contributed by atoms with Gasteiger partial charge >= 0.3 is 0 Å². The molecule has 1 aromatic carbocycles. The average molecular weight is 316 g/mol. The van der Waals surface area contributed by atoms with Gasteiger partial charge in [-0.3, -0.25) is 0 Å². The van der Waals surface area contributed by atoms with Crippen LogP contribution in [0.4, 0.5) is 0 Å². The van der Waals surface area contributed by atoms with Crippen LogP contribution in [0.3, 0.4) is 0 Å². The minimum Gasteiger partial charge on any atom is -0.419 e. The van der Waals surface area contributed by atoms with Crippen LogP contribution in [0.2, 0.25) is 0 Å². The van der Waals surface area contributed by atoms with Crippen LogP contribution in [0.15, 0.2) is 33.8 Å². The van der Waals surface area contributed by atoms with E-state index in [1.165, 1.54) is 22.0 Å². The number of aryl methyl sites for hydroxylation is 2. The Morgan fingerprint density at radius 3 is 2.45 bits per heavy atom. The first-order chi connectivity index (χ1) is 10.5. The Labute approximate surface area is 131 Å². The Kier molecular flexibility index (Phi) is 3.84. The number of benzene rings is 1. The number of nitrogens with two attached hydrogens (primary N) is 1. The second-order valence-corrected chi connectivity index (χ2v) is 6.28. The number of hydrogen-bond donors (Lipinski definition) is 1. The third-order valence-electron chi connectivity index (χ3n) is 3.20. The van der Waals surface area contributed by atoms with Gasteiger partial charge in [0.1, 0.15) is 5.82 Å². The molecule has 0 amide bonds. The summed E-state index contributed by atoms with van der Waals surface area (Å²) in [5.74, 6) is 7.53. The molecular formula is C14H16N6OS. The van der Waals surface area contributed by atoms with Gasteiger partial charge < -0.3 is 10.3 Å². The fourth-order valence-corrected chi connectivity index (χ4v) is 2.70. The van der Waals surface area contributed by atoms with Gasteiger partial charge in [0.25, 0.3) is 0 Å². The van der Waals surface area contributed by atoms with E-state index in [4.69, 9.17) is 10.3 Å². The first kappa shape index (κ1) is 14.6. The minimum atomic E-state index is -0.0717. The van der Waals surface area contributed by atoms with E-state index in [0.717, 1.165) is 5.56 Å². The van der Waals surface area contributed by atoms with Crippen LogP contribution in [0.5, 0.6) is 0 Å². The molecule has 0 aliphatic rings. The molecule has 0 aliphatic heterocycles. The Morgan fingerprint density at radius 1 is 1.09 bits per heavy atom. The lowest BCUT2D eigenvalue weighted by molar-refractivity contribution is 0.508. The second-order valence-electron chi connectivity index (χ2n) is 4.97. The number of aromatic nitrogens is 5. The van der Waals surface area contributed by atoms with Crippen LogP contribution in [-0.2, 0) is 0 Å². The topological polar surface area (TPSA) is 95.7 Å². The Hall–Kier alpha value is -2.35. The summed E-state index contributed by atoms with van der Waals surface area (Å²) in [4.78, 5) is 0. The van der Waals surface area contributed by atoms with Crippen LogP contribution >= 0.6 is 11.8 Å². The lowest BCUT2D eigenvalue weighted by Crippen LogP contribution is -2.11. The Bertz CT molecular complexity index is 779. The summed E-state index contributed by atoms with van der Waals surface area (Å²) in [6.45, 7) is 5.79. The van der Waals surface area contributed by atoms with Crippen molar-refractivity contribution in [2.45, 2.75) is 31.2 Å². The molecule has 22 heavy (non-hydrogen) atoms. The molecule has 0 fully saturated rings. The summed E-state index contributed by atoms with van der Waals surface area (Å²) >= 11 is 1.42. The number of thioether (sulfide) groups is 1. The Morgan fingerprint density at radius 2 is 1.82 bits per heavy atom. The van der Waals surface area contributed by atoms with Crippen molar-refractivity contribution in [3.05, 3.63) is 41.5 Å². The molecule has 8 heteroatoms. The van der Waals surface area contributed by atoms with Gasteiger partial charge in [0.05, 0.1) is 5.25 Å². The van der Waals surface area contributed by atoms with Gasteiger partial charge in [0.15, 0.2) is 0 Å². The van der Waals surface area contributed by atoms with Crippen molar-refractivity contribution in [2.24, 2.45) is 0 Å². The van der Waals surface area contributed by atoms with Crippen LogP contribution in [0, 0.1) is 13.8 Å². The standard InChI is InChI=1S/C14H16N6OS/c1-8-4-6-11(7-5-8)13-18-17-12(21-13)9(2)22-14-19-16-10(3)20(14)15/h4-7,9H,15H2,1-3H3/t9-/m0/s1. The zero-order chi connectivity index (χ0) is 15.7. The summed E-state index contributed by atoms with van der Waals surface area (Å²) in [7, 11) is 0. The smallest absolute Gasteiger partial charge is 0.247 e. The normalized spacial score (nSPS) is 12.5. The maximum absolute atomic E-state index is 5.84. The molecule has 0 saturated heterocycles. The number of rotatable bonds is 4. The quantitative estimate of drug-likeness (QED) is 0.583. The highest BCUT2D eigenvalue weighted by atomic mass is 32.2. The third-order valence-corrected chi connectivity index (χ3v) is 4.25. The summed E-state index contributed by atoms with van der Waals surface area (Å²) in [6.07, 6.45) is 0. The third kappa shape index (κ3) is 2.82. The van der Waals surface area contributed by atoms with E-state index in [9.17, 15) is 0 Å². The molecule has 0 saturated carbocycles. The zero-order valence-electron chi connectivity index (χ0n) is 12.5. The van der Waals surface area contributed by atoms with Crippen molar-refractivity contribution in [3.63, 3.8) is 0 Å². The van der Waals surface area contributed by atoms with E-state index in [-0.39, 0.29) is 5.25 Å². The van der Waals surface area contributed by atoms with Gasteiger partial charge in [0.2, 0.25) is 16.9 Å². The molecule has 0 bridgehead atoms. The maximum atomic E-state index is 5.84. The SMILES string of the molecule is Cc1ccc(-c2nnc([C@H](C)Sc3nnc(C)n3N)o2)cc1. The van der Waals surface area contributed by atoms with Crippen molar-refractivity contribution in [1.82, 2.24) is 25.1 Å². The second kappa shape index (κ2) is 5.80. The molecule has 0 spiro atoms. The first-order valence-corrected chi connectivity index (χ1v) is 7.66. The number of nitrogen functional groups attached to an aromatic ring is 1. The van der Waals surface area contributed by atoms with Gasteiger partial charge in [-0.25, -0.2) is 4.68 Å². The number of nitrogens with zero attached hydrogens (tertiary/aromatic N) is 5. The largest absolute Gasteiger partial charge is 0.419 e. The predicted molar refractivity (Wildman–Crippen MR) is 83.7 cm³/mol. The fraction of sp³-hybridized carbons (Fsp3) is 0.286. The first-order valence-electron chi connectivity index (χ1n) is 6.79. The summed E-state index contributed by atoms with van der Waals surface area (Å²) in [6, 6.07) is 7.95. The van der Waals surface area contributed by atoms with Crippen LogP contribution in [0.25, 0.3) is 11.5 Å². The van der Waals surface area contributed by atoms with Crippen molar-refractivity contribution < 1.29 is 4.42 Å². The van der Waals surface area contributed by atoms with Gasteiger partial charge in [0, 0.05) is 5.56 Å². The van der Waals surface area contributed by atoms with Crippen LogP contribution in [0.1, 0.15) is 29.5 Å². The lowest BCUT2D eigenvalue weighted by atomic mass is 10.1. The van der Waals surface area contributed by atoms with Crippen molar-refractivity contribution >= 4 is 11.8 Å². The molecule has 1 atom stereocenters. The molecule has 7 nitrogen and oxygen atoms in total. The average Bonchev–Trinajstić information content (AvgIpc) is 3.11. The van der Waals surface area contributed by atoms with E-state index in [2.05, 4.69) is 20.4 Å². The van der Waals surface area contributed by atoms with E-state index in [0.29, 0.717) is 22.8 Å². The molecule has 0 radical (unpaired) electrons. The van der Waals surface area contributed by atoms with E-state index in [1.807, 2.05) is 38.1 Å². The highest BCUT2D eigenvalue weighted by Crippen LogP contribution is 2.33. The van der Waals surface area contributed by atoms with Gasteiger partial charge in [-0.1, -0.05) is 29.5 Å². The van der Waals surface area contributed by atoms with E-state index < -0.39 is 0 Å². The van der Waals surface area contributed by atoms with Crippen molar-refractivity contribution in [1.29, 1.82) is 0 Å². The molecular weight excluding hydrogens is 300 g/mol. The minimum absolute atomic E-state index is 0.0717.